The molecular formula is C8H16ClNO. The first kappa shape index (κ1) is 11.0. The smallest absolute Gasteiger partial charge is 0.0741 e. The van der Waals surface area contributed by atoms with Crippen molar-refractivity contribution in [3.8, 4) is 0 Å². The third kappa shape index (κ3) is 5.24. The lowest BCUT2D eigenvalue weighted by Gasteiger charge is -2.26. The molecule has 0 heterocycles. The molecule has 0 aromatic carbocycles. The Kier molecular flexibility index (Phi) is 4.08. The van der Waals surface area contributed by atoms with Crippen molar-refractivity contribution in [2.45, 2.75) is 32.4 Å². The Hall–Kier alpha value is -0.0500. The van der Waals surface area contributed by atoms with Gasteiger partial charge in [0, 0.05) is 17.6 Å². The zero-order valence-corrected chi connectivity index (χ0v) is 8.07. The van der Waals surface area contributed by atoms with Crippen molar-refractivity contribution < 1.29 is 5.11 Å². The highest BCUT2D eigenvalue weighted by Gasteiger charge is 2.21. The van der Waals surface area contributed by atoms with Crippen LogP contribution in [0.1, 0.15) is 20.8 Å². The second-order valence-electron chi connectivity index (χ2n) is 3.27. The van der Waals surface area contributed by atoms with Gasteiger partial charge in [-0.2, -0.15) is 0 Å². The van der Waals surface area contributed by atoms with E-state index in [1.165, 1.54) is 0 Å². The number of halogens is 1. The molecule has 0 aromatic heterocycles. The second-order valence-corrected chi connectivity index (χ2v) is 3.81. The molecule has 11 heavy (non-hydrogen) atoms. The summed E-state index contributed by atoms with van der Waals surface area (Å²) in [6.45, 7) is 9.47. The van der Waals surface area contributed by atoms with Gasteiger partial charge in [-0.25, -0.2) is 0 Å². The van der Waals surface area contributed by atoms with E-state index in [2.05, 4.69) is 11.9 Å². The summed E-state index contributed by atoms with van der Waals surface area (Å²) < 4.78 is 0. The van der Waals surface area contributed by atoms with Crippen LogP contribution in [-0.4, -0.2) is 23.3 Å². The topological polar surface area (TPSA) is 32.3 Å². The fourth-order valence-corrected chi connectivity index (χ4v) is 0.591. The van der Waals surface area contributed by atoms with E-state index in [9.17, 15) is 5.11 Å². The van der Waals surface area contributed by atoms with Gasteiger partial charge in [0.25, 0.3) is 0 Å². The molecule has 0 amide bonds. The molecule has 2 nitrogen and oxygen atoms in total. The van der Waals surface area contributed by atoms with Crippen LogP contribution in [0.3, 0.4) is 0 Å². The van der Waals surface area contributed by atoms with Crippen molar-refractivity contribution in [1.82, 2.24) is 5.32 Å². The highest BCUT2D eigenvalue weighted by atomic mass is 35.5. The van der Waals surface area contributed by atoms with Crippen LogP contribution in [0.2, 0.25) is 0 Å². The van der Waals surface area contributed by atoms with Gasteiger partial charge in [0.2, 0.25) is 0 Å². The Labute approximate surface area is 73.3 Å². The molecule has 3 heteroatoms. The number of rotatable bonds is 4. The third-order valence-corrected chi connectivity index (χ3v) is 1.79. The van der Waals surface area contributed by atoms with Crippen molar-refractivity contribution in [1.29, 1.82) is 0 Å². The lowest BCUT2D eigenvalue weighted by Crippen LogP contribution is -2.44. The van der Waals surface area contributed by atoms with E-state index in [0.29, 0.717) is 11.6 Å². The van der Waals surface area contributed by atoms with E-state index in [0.717, 1.165) is 0 Å². The molecule has 0 rings (SSSR count). The summed E-state index contributed by atoms with van der Waals surface area (Å²) in [5.41, 5.74) is -0.716. The summed E-state index contributed by atoms with van der Waals surface area (Å²) in [4.78, 5) is 0. The van der Waals surface area contributed by atoms with Crippen LogP contribution in [0.4, 0.5) is 0 Å². The second kappa shape index (κ2) is 4.10. The van der Waals surface area contributed by atoms with Gasteiger partial charge in [-0.3, -0.25) is 0 Å². The van der Waals surface area contributed by atoms with Crippen molar-refractivity contribution in [3.63, 3.8) is 0 Å². The molecule has 0 radical (unpaired) electrons. The standard InChI is InChI=1S/C8H16ClNO/c1-6(9)5-10-7(2)8(3,4)11/h7,10-11H,1,5H2,2-4H3. The average Bonchev–Trinajstić information content (AvgIpc) is 1.80. The van der Waals surface area contributed by atoms with E-state index >= 15 is 0 Å². The fourth-order valence-electron chi connectivity index (χ4n) is 0.514. The van der Waals surface area contributed by atoms with Crippen molar-refractivity contribution in [2.75, 3.05) is 6.54 Å². The van der Waals surface area contributed by atoms with Gasteiger partial charge in [-0.1, -0.05) is 18.2 Å². The molecule has 0 saturated heterocycles. The Bertz CT molecular complexity index is 140. The maximum atomic E-state index is 9.46. The number of hydrogen-bond donors (Lipinski definition) is 2. The van der Waals surface area contributed by atoms with Gasteiger partial charge in [-0.05, 0) is 20.8 Å². The maximum absolute atomic E-state index is 9.46. The summed E-state index contributed by atoms with van der Waals surface area (Å²) in [6.07, 6.45) is 0. The van der Waals surface area contributed by atoms with E-state index in [1.54, 1.807) is 13.8 Å². The summed E-state index contributed by atoms with van der Waals surface area (Å²) in [5.74, 6) is 0. The summed E-state index contributed by atoms with van der Waals surface area (Å²) in [6, 6.07) is 0.0120. The molecule has 0 aliphatic heterocycles. The number of hydrogen-bond acceptors (Lipinski definition) is 2. The van der Waals surface area contributed by atoms with E-state index in [-0.39, 0.29) is 6.04 Å². The molecule has 66 valence electrons. The van der Waals surface area contributed by atoms with Crippen molar-refractivity contribution in [2.24, 2.45) is 0 Å². The maximum Gasteiger partial charge on any atom is 0.0741 e. The van der Waals surface area contributed by atoms with Crippen LogP contribution in [0.5, 0.6) is 0 Å². The van der Waals surface area contributed by atoms with Crippen LogP contribution in [0.15, 0.2) is 11.6 Å². The molecule has 0 aliphatic carbocycles. The summed E-state index contributed by atoms with van der Waals surface area (Å²) >= 11 is 5.53. The predicted molar refractivity (Wildman–Crippen MR) is 48.8 cm³/mol. The van der Waals surface area contributed by atoms with E-state index in [1.807, 2.05) is 6.92 Å². The SMILES string of the molecule is C=C(Cl)CNC(C)C(C)(C)O. The Morgan fingerprint density at radius 2 is 2.18 bits per heavy atom. The lowest BCUT2D eigenvalue weighted by atomic mass is 10.0. The van der Waals surface area contributed by atoms with Crippen LogP contribution in [0, 0.1) is 0 Å². The molecule has 1 atom stereocenters. The molecule has 0 bridgehead atoms. The zero-order chi connectivity index (χ0) is 9.07. The quantitative estimate of drug-likeness (QED) is 0.682. The molecule has 1 unspecified atom stereocenters. The first-order chi connectivity index (χ1) is 4.84. The molecule has 2 N–H and O–H groups in total. The van der Waals surface area contributed by atoms with Gasteiger partial charge >= 0.3 is 0 Å². The van der Waals surface area contributed by atoms with Crippen LogP contribution in [-0.2, 0) is 0 Å². The largest absolute Gasteiger partial charge is 0.389 e. The minimum atomic E-state index is -0.716. The molecule has 0 aliphatic rings. The Morgan fingerprint density at radius 3 is 2.45 bits per heavy atom. The van der Waals surface area contributed by atoms with E-state index in [4.69, 9.17) is 11.6 Å². The van der Waals surface area contributed by atoms with Gasteiger partial charge in [0.05, 0.1) is 5.60 Å². The third-order valence-electron chi connectivity index (χ3n) is 1.66. The highest BCUT2D eigenvalue weighted by molar-refractivity contribution is 6.29. The average molecular weight is 178 g/mol. The zero-order valence-electron chi connectivity index (χ0n) is 7.32. The van der Waals surface area contributed by atoms with Crippen LogP contribution in [0.25, 0.3) is 0 Å². The van der Waals surface area contributed by atoms with Crippen molar-refractivity contribution in [3.05, 3.63) is 11.6 Å². The first-order valence-electron chi connectivity index (χ1n) is 3.63. The summed E-state index contributed by atoms with van der Waals surface area (Å²) in [7, 11) is 0. The van der Waals surface area contributed by atoms with Gasteiger partial charge < -0.3 is 10.4 Å². The normalized spacial score (nSPS) is 14.6. The predicted octanol–water partition coefficient (Wildman–Crippen LogP) is 1.49. The van der Waals surface area contributed by atoms with Crippen LogP contribution >= 0.6 is 11.6 Å². The first-order valence-corrected chi connectivity index (χ1v) is 4.01. The molecule has 0 spiro atoms. The monoisotopic (exact) mass is 177 g/mol. The van der Waals surface area contributed by atoms with Gasteiger partial charge in [-0.15, -0.1) is 0 Å². The molecular weight excluding hydrogens is 162 g/mol. The lowest BCUT2D eigenvalue weighted by molar-refractivity contribution is 0.0456. The van der Waals surface area contributed by atoms with Gasteiger partial charge in [0.1, 0.15) is 0 Å². The van der Waals surface area contributed by atoms with Crippen molar-refractivity contribution >= 4 is 11.6 Å². The van der Waals surface area contributed by atoms with Gasteiger partial charge in [0.15, 0.2) is 0 Å². The Balaban J connectivity index is 3.70. The summed E-state index contributed by atoms with van der Waals surface area (Å²) in [5, 5.41) is 13.1. The minimum absolute atomic E-state index is 0.0120. The number of aliphatic hydroxyl groups is 1. The van der Waals surface area contributed by atoms with Crippen LogP contribution < -0.4 is 5.32 Å². The molecule has 0 fully saturated rings. The minimum Gasteiger partial charge on any atom is -0.389 e. The Morgan fingerprint density at radius 1 is 1.73 bits per heavy atom. The highest BCUT2D eigenvalue weighted by Crippen LogP contribution is 2.07. The number of nitrogens with one attached hydrogen (secondary N) is 1. The molecule has 0 aromatic rings. The van der Waals surface area contributed by atoms with E-state index < -0.39 is 5.60 Å². The molecule has 0 saturated carbocycles. The fraction of sp³-hybridized carbons (Fsp3) is 0.750.